The minimum Gasteiger partial charge on any atom is -0.480 e. The zero-order valence-corrected chi connectivity index (χ0v) is 12.1. The van der Waals surface area contributed by atoms with Crippen molar-refractivity contribution in [1.29, 1.82) is 0 Å². The van der Waals surface area contributed by atoms with Gasteiger partial charge in [-0.05, 0) is 36.1 Å². The number of halogens is 1. The predicted octanol–water partition coefficient (Wildman–Crippen LogP) is 3.46. The summed E-state index contributed by atoms with van der Waals surface area (Å²) in [7, 11) is 0. The molecule has 0 aliphatic heterocycles. The van der Waals surface area contributed by atoms with E-state index in [1.807, 2.05) is 24.3 Å². The molecule has 17 heavy (non-hydrogen) atoms. The Morgan fingerprint density at radius 2 is 2.35 bits per heavy atom. The fourth-order valence-electron chi connectivity index (χ4n) is 1.38. The van der Waals surface area contributed by atoms with Gasteiger partial charge in [-0.2, -0.15) is 11.8 Å². The van der Waals surface area contributed by atoms with E-state index in [1.54, 1.807) is 11.8 Å². The summed E-state index contributed by atoms with van der Waals surface area (Å²) in [6.45, 7) is 2.07. The Hall–Kier alpha value is -0.680. The quantitative estimate of drug-likeness (QED) is 0.756. The molecule has 0 bridgehead atoms. The molecule has 1 aromatic carbocycles. The highest BCUT2D eigenvalue weighted by molar-refractivity contribution is 9.10. The molecular weight excluding hydrogens is 302 g/mol. The molecule has 0 amide bonds. The maximum absolute atomic E-state index is 11.1. The van der Waals surface area contributed by atoms with Crippen molar-refractivity contribution in [3.8, 4) is 0 Å². The van der Waals surface area contributed by atoms with Gasteiger partial charge in [0.25, 0.3) is 0 Å². The first-order valence-corrected chi connectivity index (χ1v) is 7.41. The number of hydrogen-bond acceptors (Lipinski definition) is 3. The smallest absolute Gasteiger partial charge is 0.326 e. The Labute approximate surface area is 114 Å². The monoisotopic (exact) mass is 317 g/mol. The zero-order chi connectivity index (χ0) is 12.7. The van der Waals surface area contributed by atoms with Gasteiger partial charge in [0, 0.05) is 10.2 Å². The second-order valence-electron chi connectivity index (χ2n) is 3.53. The molecule has 0 heterocycles. The summed E-state index contributed by atoms with van der Waals surface area (Å²) < 4.78 is 0.939. The largest absolute Gasteiger partial charge is 0.480 e. The molecular formula is C12H16BrNO2S. The van der Waals surface area contributed by atoms with E-state index >= 15 is 0 Å². The van der Waals surface area contributed by atoms with E-state index in [4.69, 9.17) is 5.11 Å². The van der Waals surface area contributed by atoms with Crippen molar-refractivity contribution >= 4 is 39.3 Å². The Morgan fingerprint density at radius 3 is 2.94 bits per heavy atom. The summed E-state index contributed by atoms with van der Waals surface area (Å²) in [6.07, 6.45) is 0.625. The molecule has 94 valence electrons. The van der Waals surface area contributed by atoms with E-state index < -0.39 is 12.0 Å². The van der Waals surface area contributed by atoms with Gasteiger partial charge in [-0.3, -0.25) is 0 Å². The van der Waals surface area contributed by atoms with Crippen LogP contribution in [0.4, 0.5) is 5.69 Å². The molecule has 0 spiro atoms. The fraction of sp³-hybridized carbons (Fsp3) is 0.417. The van der Waals surface area contributed by atoms with Gasteiger partial charge in [-0.15, -0.1) is 0 Å². The van der Waals surface area contributed by atoms with Crippen LogP contribution in [0.25, 0.3) is 0 Å². The Balaban J connectivity index is 2.57. The summed E-state index contributed by atoms with van der Waals surface area (Å²) in [5.74, 6) is 1.07. The Morgan fingerprint density at radius 1 is 1.59 bits per heavy atom. The van der Waals surface area contributed by atoms with Crippen LogP contribution in [0.1, 0.15) is 13.3 Å². The highest BCUT2D eigenvalue weighted by Crippen LogP contribution is 2.17. The summed E-state index contributed by atoms with van der Waals surface area (Å²) >= 11 is 5.12. The Bertz CT molecular complexity index is 373. The van der Waals surface area contributed by atoms with Crippen molar-refractivity contribution in [3.63, 3.8) is 0 Å². The standard InChI is InChI=1S/C12H16BrNO2S/c1-2-17-7-6-11(12(15)16)14-10-5-3-4-9(13)8-10/h3-5,8,11,14H,2,6-7H2,1H3,(H,15,16). The van der Waals surface area contributed by atoms with E-state index in [1.165, 1.54) is 0 Å². The first kappa shape index (κ1) is 14.4. The molecule has 3 nitrogen and oxygen atoms in total. The van der Waals surface area contributed by atoms with Crippen molar-refractivity contribution in [2.45, 2.75) is 19.4 Å². The first-order chi connectivity index (χ1) is 8.13. The van der Waals surface area contributed by atoms with Gasteiger partial charge in [0.05, 0.1) is 0 Å². The van der Waals surface area contributed by atoms with Crippen molar-refractivity contribution < 1.29 is 9.90 Å². The molecule has 0 aromatic heterocycles. The van der Waals surface area contributed by atoms with Crippen LogP contribution in [-0.4, -0.2) is 28.6 Å². The van der Waals surface area contributed by atoms with E-state index in [0.29, 0.717) is 6.42 Å². The topological polar surface area (TPSA) is 49.3 Å². The Kier molecular flexibility index (Phi) is 6.44. The lowest BCUT2D eigenvalue weighted by Crippen LogP contribution is -2.29. The molecule has 0 aliphatic rings. The summed E-state index contributed by atoms with van der Waals surface area (Å²) in [6, 6.07) is 7.01. The average Bonchev–Trinajstić information content (AvgIpc) is 2.28. The van der Waals surface area contributed by atoms with E-state index in [9.17, 15) is 4.79 Å². The van der Waals surface area contributed by atoms with Crippen molar-refractivity contribution in [3.05, 3.63) is 28.7 Å². The van der Waals surface area contributed by atoms with Crippen molar-refractivity contribution in [2.24, 2.45) is 0 Å². The molecule has 0 radical (unpaired) electrons. The van der Waals surface area contributed by atoms with Crippen LogP contribution in [0.3, 0.4) is 0 Å². The molecule has 1 atom stereocenters. The van der Waals surface area contributed by atoms with Gasteiger partial charge in [0.15, 0.2) is 0 Å². The molecule has 1 rings (SSSR count). The van der Waals surface area contributed by atoms with Crippen LogP contribution in [0.2, 0.25) is 0 Å². The van der Waals surface area contributed by atoms with Gasteiger partial charge >= 0.3 is 5.97 Å². The number of carbonyl (C=O) groups is 1. The maximum Gasteiger partial charge on any atom is 0.326 e. The lowest BCUT2D eigenvalue weighted by atomic mass is 10.2. The van der Waals surface area contributed by atoms with Crippen LogP contribution in [0, 0.1) is 0 Å². The summed E-state index contributed by atoms with van der Waals surface area (Å²) in [5, 5.41) is 12.2. The number of anilines is 1. The number of carboxylic acids is 1. The van der Waals surface area contributed by atoms with Crippen LogP contribution in [-0.2, 0) is 4.79 Å². The van der Waals surface area contributed by atoms with Gasteiger partial charge in [0.2, 0.25) is 0 Å². The molecule has 0 saturated heterocycles. The second-order valence-corrected chi connectivity index (χ2v) is 5.84. The predicted molar refractivity (Wildman–Crippen MR) is 76.8 cm³/mol. The lowest BCUT2D eigenvalue weighted by molar-refractivity contribution is -0.137. The highest BCUT2D eigenvalue weighted by atomic mass is 79.9. The number of nitrogens with one attached hydrogen (secondary N) is 1. The first-order valence-electron chi connectivity index (χ1n) is 5.46. The van der Waals surface area contributed by atoms with Crippen LogP contribution in [0.15, 0.2) is 28.7 Å². The van der Waals surface area contributed by atoms with Crippen LogP contribution in [0.5, 0.6) is 0 Å². The zero-order valence-electron chi connectivity index (χ0n) is 9.65. The third-order valence-corrected chi connectivity index (χ3v) is 3.64. The molecule has 5 heteroatoms. The molecule has 2 N–H and O–H groups in total. The third-order valence-electron chi connectivity index (χ3n) is 2.22. The average molecular weight is 318 g/mol. The fourth-order valence-corrected chi connectivity index (χ4v) is 2.47. The summed E-state index contributed by atoms with van der Waals surface area (Å²) in [5.41, 5.74) is 0.827. The lowest BCUT2D eigenvalue weighted by Gasteiger charge is -2.15. The van der Waals surface area contributed by atoms with Gasteiger partial charge < -0.3 is 10.4 Å². The third kappa shape index (κ3) is 5.46. The number of thioether (sulfide) groups is 1. The SMILES string of the molecule is CCSCCC(Nc1cccc(Br)c1)C(=O)O. The number of aliphatic carboxylic acids is 1. The molecule has 1 aromatic rings. The van der Waals surface area contributed by atoms with Gasteiger partial charge in [-0.25, -0.2) is 4.79 Å². The molecule has 0 aliphatic carbocycles. The number of carboxylic acid groups (broad SMARTS) is 1. The number of hydrogen-bond donors (Lipinski definition) is 2. The number of rotatable bonds is 7. The maximum atomic E-state index is 11.1. The van der Waals surface area contributed by atoms with E-state index in [-0.39, 0.29) is 0 Å². The van der Waals surface area contributed by atoms with E-state index in [0.717, 1.165) is 21.7 Å². The second kappa shape index (κ2) is 7.61. The molecule has 0 saturated carbocycles. The van der Waals surface area contributed by atoms with Crippen LogP contribution >= 0.6 is 27.7 Å². The number of benzene rings is 1. The van der Waals surface area contributed by atoms with Crippen LogP contribution < -0.4 is 5.32 Å². The van der Waals surface area contributed by atoms with E-state index in [2.05, 4.69) is 28.2 Å². The molecule has 0 fully saturated rings. The van der Waals surface area contributed by atoms with Gasteiger partial charge in [-0.1, -0.05) is 28.9 Å². The van der Waals surface area contributed by atoms with Gasteiger partial charge in [0.1, 0.15) is 6.04 Å². The van der Waals surface area contributed by atoms with Crippen molar-refractivity contribution in [2.75, 3.05) is 16.8 Å². The summed E-state index contributed by atoms with van der Waals surface area (Å²) in [4.78, 5) is 11.1. The normalized spacial score (nSPS) is 12.1. The van der Waals surface area contributed by atoms with Crippen molar-refractivity contribution in [1.82, 2.24) is 0 Å². The minimum atomic E-state index is -0.804. The minimum absolute atomic E-state index is 0.525. The highest BCUT2D eigenvalue weighted by Gasteiger charge is 2.16. The molecule has 1 unspecified atom stereocenters.